The fraction of sp³-hybridized carbons (Fsp3) is 0.609. The van der Waals surface area contributed by atoms with Gasteiger partial charge in [-0.15, -0.1) is 0 Å². The van der Waals surface area contributed by atoms with Gasteiger partial charge >= 0.3 is 6.09 Å². The van der Waals surface area contributed by atoms with Crippen molar-refractivity contribution in [2.24, 2.45) is 10.8 Å². The Labute approximate surface area is 172 Å². The largest absolute Gasteiger partial charge is 0.441 e. The molecule has 1 aromatic heterocycles. The van der Waals surface area contributed by atoms with Gasteiger partial charge in [-0.25, -0.2) is 9.78 Å². The van der Waals surface area contributed by atoms with Crippen molar-refractivity contribution in [3.05, 3.63) is 30.1 Å². The lowest BCUT2D eigenvalue weighted by molar-refractivity contribution is -0.0270. The zero-order valence-corrected chi connectivity index (χ0v) is 17.9. The van der Waals surface area contributed by atoms with E-state index < -0.39 is 0 Å². The normalized spacial score (nSPS) is 27.4. The number of imidazole rings is 1. The third-order valence-corrected chi connectivity index (χ3v) is 6.17. The highest BCUT2D eigenvalue weighted by Gasteiger charge is 2.51. The van der Waals surface area contributed by atoms with Crippen LogP contribution in [0.5, 0.6) is 0 Å². The van der Waals surface area contributed by atoms with Crippen molar-refractivity contribution in [2.75, 3.05) is 13.1 Å². The van der Waals surface area contributed by atoms with Crippen LogP contribution in [0.2, 0.25) is 0 Å². The zero-order chi connectivity index (χ0) is 20.9. The molecule has 6 heteroatoms. The number of hydrogen-bond acceptors (Lipinski definition) is 4. The van der Waals surface area contributed by atoms with Crippen molar-refractivity contribution in [3.63, 3.8) is 0 Å². The molecule has 0 radical (unpaired) electrons. The maximum Gasteiger partial charge on any atom is 0.410 e. The number of nitriles is 1. The molecule has 4 rings (SSSR count). The average molecular weight is 395 g/mol. The Bertz CT molecular complexity index is 983. The molecule has 154 valence electrons. The van der Waals surface area contributed by atoms with Crippen molar-refractivity contribution in [2.45, 2.75) is 65.5 Å². The summed E-state index contributed by atoms with van der Waals surface area (Å²) in [4.78, 5) is 18.9. The summed E-state index contributed by atoms with van der Waals surface area (Å²) in [6, 6.07) is 7.83. The summed E-state index contributed by atoms with van der Waals surface area (Å²) in [5.74, 6) is 0. The van der Waals surface area contributed by atoms with Gasteiger partial charge in [-0.2, -0.15) is 5.26 Å². The second-order valence-corrected chi connectivity index (χ2v) is 10.5. The molecule has 2 fully saturated rings. The summed E-state index contributed by atoms with van der Waals surface area (Å²) in [5, 5.41) is 9.23. The first-order valence-corrected chi connectivity index (χ1v) is 10.4. The Morgan fingerprint density at radius 2 is 2.10 bits per heavy atom. The molecule has 2 heterocycles. The van der Waals surface area contributed by atoms with E-state index in [0.29, 0.717) is 18.7 Å². The number of hydrogen-bond donors (Lipinski definition) is 0. The van der Waals surface area contributed by atoms with Gasteiger partial charge < -0.3 is 14.2 Å². The molecular weight excluding hydrogens is 364 g/mol. The molecule has 1 aliphatic carbocycles. The van der Waals surface area contributed by atoms with Gasteiger partial charge in [-0.1, -0.05) is 27.7 Å². The lowest BCUT2D eigenvalue weighted by Gasteiger charge is -2.43. The van der Waals surface area contributed by atoms with E-state index in [9.17, 15) is 10.1 Å². The van der Waals surface area contributed by atoms with Gasteiger partial charge in [0, 0.05) is 13.1 Å². The number of benzene rings is 1. The van der Waals surface area contributed by atoms with Gasteiger partial charge in [0.25, 0.3) is 0 Å². The van der Waals surface area contributed by atoms with Gasteiger partial charge in [-0.3, -0.25) is 0 Å². The molecule has 2 aromatic rings. The van der Waals surface area contributed by atoms with Crippen LogP contribution in [0.15, 0.2) is 24.5 Å². The molecule has 1 aromatic carbocycles. The Morgan fingerprint density at radius 1 is 1.31 bits per heavy atom. The fourth-order valence-corrected chi connectivity index (χ4v) is 5.20. The molecule has 2 unspecified atom stereocenters. The lowest BCUT2D eigenvalue weighted by Crippen LogP contribution is -2.45. The molecule has 2 aliphatic rings. The minimum absolute atomic E-state index is 0.00650. The predicted molar refractivity (Wildman–Crippen MR) is 111 cm³/mol. The molecule has 1 saturated heterocycles. The average Bonchev–Trinajstić information content (AvgIpc) is 3.13. The fourth-order valence-electron chi connectivity index (χ4n) is 5.20. The van der Waals surface area contributed by atoms with E-state index in [0.717, 1.165) is 43.3 Å². The Morgan fingerprint density at radius 3 is 2.83 bits per heavy atom. The SMILES string of the molecule is CC(C)(C)CN1CC2(CCCC(C)(Cn3cnc4ccc(C#N)cc43)C2)OC1=O. The smallest absolute Gasteiger partial charge is 0.410 e. The number of nitrogens with zero attached hydrogens (tertiary/aromatic N) is 4. The molecule has 1 aliphatic heterocycles. The van der Waals surface area contributed by atoms with Crippen molar-refractivity contribution in [3.8, 4) is 6.07 Å². The second-order valence-electron chi connectivity index (χ2n) is 10.5. The third kappa shape index (κ3) is 3.96. The van der Waals surface area contributed by atoms with Gasteiger partial charge in [0.1, 0.15) is 5.60 Å². The molecule has 1 saturated carbocycles. The van der Waals surface area contributed by atoms with Gasteiger partial charge in [-0.05, 0) is 54.7 Å². The zero-order valence-electron chi connectivity index (χ0n) is 17.9. The van der Waals surface area contributed by atoms with E-state index in [1.165, 1.54) is 0 Å². The molecule has 1 amide bonds. The molecule has 6 nitrogen and oxygen atoms in total. The summed E-state index contributed by atoms with van der Waals surface area (Å²) in [7, 11) is 0. The number of aromatic nitrogens is 2. The van der Waals surface area contributed by atoms with Crippen molar-refractivity contribution < 1.29 is 9.53 Å². The maximum atomic E-state index is 12.6. The number of carbonyl (C=O) groups is 1. The lowest BCUT2D eigenvalue weighted by atomic mass is 9.68. The van der Waals surface area contributed by atoms with E-state index in [2.05, 4.69) is 43.3 Å². The van der Waals surface area contributed by atoms with Crippen LogP contribution in [0.3, 0.4) is 0 Å². The van der Waals surface area contributed by atoms with E-state index in [1.54, 1.807) is 6.07 Å². The quantitative estimate of drug-likeness (QED) is 0.755. The Kier molecular flexibility index (Phi) is 4.60. The highest BCUT2D eigenvalue weighted by molar-refractivity contribution is 5.77. The first-order chi connectivity index (χ1) is 13.6. The first-order valence-electron chi connectivity index (χ1n) is 10.4. The van der Waals surface area contributed by atoms with Crippen LogP contribution in [0.4, 0.5) is 4.79 Å². The van der Waals surface area contributed by atoms with E-state index in [4.69, 9.17) is 4.74 Å². The van der Waals surface area contributed by atoms with Gasteiger partial charge in [0.15, 0.2) is 0 Å². The third-order valence-electron chi connectivity index (χ3n) is 6.17. The minimum Gasteiger partial charge on any atom is -0.441 e. The topological polar surface area (TPSA) is 71.2 Å². The highest BCUT2D eigenvalue weighted by atomic mass is 16.6. The Hall–Kier alpha value is -2.55. The van der Waals surface area contributed by atoms with Crippen LogP contribution >= 0.6 is 0 Å². The molecule has 1 spiro atoms. The maximum absolute atomic E-state index is 12.6. The standard InChI is InChI=1S/C23H30N4O2/c1-21(2,3)13-26-15-23(29-20(26)28)9-5-8-22(4,12-23)14-27-16-25-18-7-6-17(11-24)10-19(18)27/h6-7,10,16H,5,8-9,12-15H2,1-4H3. The van der Waals surface area contributed by atoms with Crippen LogP contribution in [-0.4, -0.2) is 39.2 Å². The van der Waals surface area contributed by atoms with Crippen LogP contribution < -0.4 is 0 Å². The van der Waals surface area contributed by atoms with Crippen LogP contribution in [0.1, 0.15) is 58.9 Å². The van der Waals surface area contributed by atoms with Crippen LogP contribution in [0, 0.1) is 22.2 Å². The molecule has 0 bridgehead atoms. The number of amides is 1. The van der Waals surface area contributed by atoms with Gasteiger partial charge in [0.05, 0.1) is 35.5 Å². The van der Waals surface area contributed by atoms with E-state index in [-0.39, 0.29) is 22.5 Å². The van der Waals surface area contributed by atoms with Crippen LogP contribution in [0.25, 0.3) is 11.0 Å². The Balaban J connectivity index is 1.55. The van der Waals surface area contributed by atoms with Crippen molar-refractivity contribution in [1.82, 2.24) is 14.5 Å². The monoisotopic (exact) mass is 394 g/mol. The van der Waals surface area contributed by atoms with E-state index in [1.807, 2.05) is 23.4 Å². The molecule has 29 heavy (non-hydrogen) atoms. The second kappa shape index (κ2) is 6.76. The summed E-state index contributed by atoms with van der Waals surface area (Å²) in [5.41, 5.74) is 2.21. The number of rotatable bonds is 3. The predicted octanol–water partition coefficient (Wildman–Crippen LogP) is 4.73. The number of fused-ring (bicyclic) bond motifs is 1. The molecular formula is C23H30N4O2. The summed E-state index contributed by atoms with van der Waals surface area (Å²) in [6.45, 7) is 10.9. The molecule has 2 atom stereocenters. The van der Waals surface area contributed by atoms with Crippen LogP contribution in [-0.2, 0) is 11.3 Å². The minimum atomic E-state index is -0.385. The number of carbonyl (C=O) groups excluding carboxylic acids is 1. The number of ether oxygens (including phenoxy) is 1. The van der Waals surface area contributed by atoms with E-state index >= 15 is 0 Å². The first kappa shape index (κ1) is 19.8. The highest BCUT2D eigenvalue weighted by Crippen LogP contribution is 2.47. The summed E-state index contributed by atoms with van der Waals surface area (Å²) >= 11 is 0. The molecule has 0 N–H and O–H groups in total. The summed E-state index contributed by atoms with van der Waals surface area (Å²) in [6.07, 6.45) is 5.61. The van der Waals surface area contributed by atoms with Crippen molar-refractivity contribution >= 4 is 17.1 Å². The van der Waals surface area contributed by atoms with Gasteiger partial charge in [0.2, 0.25) is 0 Å². The van der Waals surface area contributed by atoms with Crippen molar-refractivity contribution in [1.29, 1.82) is 5.26 Å². The summed E-state index contributed by atoms with van der Waals surface area (Å²) < 4.78 is 8.16.